The van der Waals surface area contributed by atoms with Crippen molar-refractivity contribution in [1.29, 1.82) is 0 Å². The van der Waals surface area contributed by atoms with Crippen molar-refractivity contribution < 1.29 is 5.11 Å². The van der Waals surface area contributed by atoms with E-state index in [1.165, 1.54) is 5.69 Å². The highest BCUT2D eigenvalue weighted by molar-refractivity contribution is 5.15. The molecule has 2 rings (SSSR count). The molecule has 1 aliphatic heterocycles. The van der Waals surface area contributed by atoms with Gasteiger partial charge in [-0.25, -0.2) is 0 Å². The summed E-state index contributed by atoms with van der Waals surface area (Å²) in [5.74, 6) is 0. The molecule has 0 amide bonds. The average Bonchev–Trinajstić information content (AvgIpc) is 2.40. The molecule has 2 heterocycles. The maximum atomic E-state index is 8.85. The van der Waals surface area contributed by atoms with Crippen molar-refractivity contribution in [2.45, 2.75) is 33.4 Å². The molecule has 12 heavy (non-hydrogen) atoms. The Kier molecular flexibility index (Phi) is 1.51. The van der Waals surface area contributed by atoms with E-state index in [0.29, 0.717) is 5.41 Å². The molecule has 0 bridgehead atoms. The first-order chi connectivity index (χ1) is 5.61. The molecule has 3 heteroatoms. The van der Waals surface area contributed by atoms with Crippen LogP contribution in [-0.4, -0.2) is 14.9 Å². The lowest BCUT2D eigenvalue weighted by molar-refractivity contribution is 0.272. The van der Waals surface area contributed by atoms with Crippen molar-refractivity contribution in [1.82, 2.24) is 9.78 Å². The molecule has 0 aromatic carbocycles. The molecule has 0 spiro atoms. The van der Waals surface area contributed by atoms with Crippen LogP contribution in [-0.2, 0) is 19.6 Å². The van der Waals surface area contributed by atoms with Gasteiger partial charge < -0.3 is 5.11 Å². The highest BCUT2D eigenvalue weighted by Crippen LogP contribution is 2.31. The van der Waals surface area contributed by atoms with Gasteiger partial charge in [-0.2, -0.15) is 5.10 Å². The first kappa shape index (κ1) is 7.80. The predicted molar refractivity (Wildman–Crippen MR) is 45.6 cm³/mol. The summed E-state index contributed by atoms with van der Waals surface area (Å²) in [6.07, 6.45) is 1.07. The zero-order valence-electron chi connectivity index (χ0n) is 7.54. The zero-order chi connectivity index (χ0) is 8.77. The van der Waals surface area contributed by atoms with E-state index in [1.807, 2.05) is 10.7 Å². The van der Waals surface area contributed by atoms with Gasteiger partial charge in [0.15, 0.2) is 0 Å². The van der Waals surface area contributed by atoms with E-state index >= 15 is 0 Å². The topological polar surface area (TPSA) is 38.1 Å². The van der Waals surface area contributed by atoms with Crippen LogP contribution in [0.25, 0.3) is 0 Å². The molecule has 1 N–H and O–H groups in total. The Morgan fingerprint density at radius 3 is 3.00 bits per heavy atom. The number of hydrogen-bond donors (Lipinski definition) is 1. The van der Waals surface area contributed by atoms with Gasteiger partial charge >= 0.3 is 0 Å². The van der Waals surface area contributed by atoms with Crippen LogP contribution in [0.1, 0.15) is 25.2 Å². The third-order valence-corrected chi connectivity index (χ3v) is 2.31. The quantitative estimate of drug-likeness (QED) is 0.674. The first-order valence-corrected chi connectivity index (χ1v) is 4.27. The fourth-order valence-corrected chi connectivity index (χ4v) is 1.82. The van der Waals surface area contributed by atoms with Crippen molar-refractivity contribution in [2.24, 2.45) is 5.41 Å². The van der Waals surface area contributed by atoms with Crippen LogP contribution in [0.4, 0.5) is 0 Å². The number of aliphatic hydroxyl groups is 1. The monoisotopic (exact) mass is 166 g/mol. The fourth-order valence-electron chi connectivity index (χ4n) is 1.82. The van der Waals surface area contributed by atoms with Gasteiger partial charge in [-0.15, -0.1) is 0 Å². The summed E-state index contributed by atoms with van der Waals surface area (Å²) in [6.45, 7) is 5.50. The summed E-state index contributed by atoms with van der Waals surface area (Å²) in [4.78, 5) is 0. The summed E-state index contributed by atoms with van der Waals surface area (Å²) in [5, 5.41) is 13.1. The van der Waals surface area contributed by atoms with Crippen molar-refractivity contribution in [3.05, 3.63) is 17.5 Å². The smallest absolute Gasteiger partial charge is 0.0881 e. The van der Waals surface area contributed by atoms with E-state index < -0.39 is 0 Å². The molecule has 0 fully saturated rings. The molecule has 0 unspecified atom stereocenters. The van der Waals surface area contributed by atoms with E-state index in [4.69, 9.17) is 5.11 Å². The summed E-state index contributed by atoms with van der Waals surface area (Å²) in [6, 6.07) is 1.99. The molecule has 1 aliphatic rings. The second-order valence-corrected chi connectivity index (χ2v) is 4.28. The van der Waals surface area contributed by atoms with Crippen LogP contribution in [0.5, 0.6) is 0 Å². The number of hydrogen-bond acceptors (Lipinski definition) is 2. The van der Waals surface area contributed by atoms with Gasteiger partial charge in [0.25, 0.3) is 0 Å². The maximum Gasteiger partial charge on any atom is 0.0881 e. The number of fused-ring (bicyclic) bond motifs is 1. The standard InChI is InChI=1S/C9H14N2O/c1-9(2)4-8-3-7(5-12)10-11(8)6-9/h3,12H,4-6H2,1-2H3. The van der Waals surface area contributed by atoms with Gasteiger partial charge in [0.2, 0.25) is 0 Å². The van der Waals surface area contributed by atoms with Gasteiger partial charge in [-0.1, -0.05) is 13.8 Å². The van der Waals surface area contributed by atoms with Gasteiger partial charge in [-0.05, 0) is 17.9 Å². The SMILES string of the molecule is CC1(C)Cc2cc(CO)nn2C1. The van der Waals surface area contributed by atoms with Gasteiger partial charge in [-0.3, -0.25) is 4.68 Å². The summed E-state index contributed by atoms with van der Waals surface area (Å²) >= 11 is 0. The molecule has 66 valence electrons. The van der Waals surface area contributed by atoms with Crippen LogP contribution in [0.15, 0.2) is 6.07 Å². The van der Waals surface area contributed by atoms with E-state index in [0.717, 1.165) is 18.7 Å². The minimum Gasteiger partial charge on any atom is -0.390 e. The predicted octanol–water partition coefficient (Wildman–Crippen LogP) is 0.958. The average molecular weight is 166 g/mol. The minimum atomic E-state index is 0.0560. The summed E-state index contributed by atoms with van der Waals surface area (Å²) in [5.41, 5.74) is 2.39. The molecule has 0 atom stereocenters. The Balaban J connectivity index is 2.30. The summed E-state index contributed by atoms with van der Waals surface area (Å²) in [7, 11) is 0. The minimum absolute atomic E-state index is 0.0560. The van der Waals surface area contributed by atoms with E-state index in [-0.39, 0.29) is 6.61 Å². The molecular formula is C9H14N2O. The zero-order valence-corrected chi connectivity index (χ0v) is 7.54. The Bertz CT molecular complexity index is 276. The van der Waals surface area contributed by atoms with Crippen LogP contribution in [0, 0.1) is 5.41 Å². The highest BCUT2D eigenvalue weighted by atomic mass is 16.3. The summed E-state index contributed by atoms with van der Waals surface area (Å²) < 4.78 is 2.01. The number of aromatic nitrogens is 2. The van der Waals surface area contributed by atoms with Crippen LogP contribution < -0.4 is 0 Å². The van der Waals surface area contributed by atoms with Gasteiger partial charge in [0, 0.05) is 12.2 Å². The molecule has 0 saturated carbocycles. The molecule has 3 nitrogen and oxygen atoms in total. The van der Waals surface area contributed by atoms with Crippen molar-refractivity contribution >= 4 is 0 Å². The molecule has 1 aromatic heterocycles. The second-order valence-electron chi connectivity index (χ2n) is 4.28. The van der Waals surface area contributed by atoms with Gasteiger partial charge in [0.05, 0.1) is 12.3 Å². The fraction of sp³-hybridized carbons (Fsp3) is 0.667. The Hall–Kier alpha value is -0.830. The number of nitrogens with zero attached hydrogens (tertiary/aromatic N) is 2. The van der Waals surface area contributed by atoms with E-state index in [1.54, 1.807) is 0 Å². The maximum absolute atomic E-state index is 8.85. The van der Waals surface area contributed by atoms with E-state index in [9.17, 15) is 0 Å². The highest BCUT2D eigenvalue weighted by Gasteiger charge is 2.29. The third kappa shape index (κ3) is 1.14. The van der Waals surface area contributed by atoms with Crippen molar-refractivity contribution in [2.75, 3.05) is 0 Å². The molecule has 0 saturated heterocycles. The van der Waals surface area contributed by atoms with Crippen LogP contribution in [0.3, 0.4) is 0 Å². The van der Waals surface area contributed by atoms with Gasteiger partial charge in [0.1, 0.15) is 0 Å². The number of aliphatic hydroxyl groups excluding tert-OH is 1. The lowest BCUT2D eigenvalue weighted by Gasteiger charge is -2.14. The van der Waals surface area contributed by atoms with Crippen LogP contribution >= 0.6 is 0 Å². The Morgan fingerprint density at radius 1 is 1.67 bits per heavy atom. The molecule has 1 aromatic rings. The first-order valence-electron chi connectivity index (χ1n) is 4.27. The normalized spacial score (nSPS) is 19.6. The third-order valence-electron chi connectivity index (χ3n) is 2.31. The lowest BCUT2D eigenvalue weighted by atomic mass is 9.91. The van der Waals surface area contributed by atoms with Crippen molar-refractivity contribution in [3.63, 3.8) is 0 Å². The largest absolute Gasteiger partial charge is 0.390 e. The van der Waals surface area contributed by atoms with Crippen molar-refractivity contribution in [3.8, 4) is 0 Å². The van der Waals surface area contributed by atoms with E-state index in [2.05, 4.69) is 18.9 Å². The molecule has 0 aliphatic carbocycles. The molecule has 0 radical (unpaired) electrons. The lowest BCUT2D eigenvalue weighted by Crippen LogP contribution is -2.13. The van der Waals surface area contributed by atoms with Crippen LogP contribution in [0.2, 0.25) is 0 Å². The second kappa shape index (κ2) is 2.33. The number of rotatable bonds is 1. The Morgan fingerprint density at radius 2 is 2.42 bits per heavy atom. The molecular weight excluding hydrogens is 152 g/mol. The Labute approximate surface area is 72.0 Å².